The highest BCUT2D eigenvalue weighted by molar-refractivity contribution is 6.36. The van der Waals surface area contributed by atoms with Crippen LogP contribution in [0.1, 0.15) is 35.7 Å². The van der Waals surface area contributed by atoms with Crippen molar-refractivity contribution >= 4 is 35.0 Å². The van der Waals surface area contributed by atoms with Crippen LogP contribution in [-0.4, -0.2) is 35.8 Å². The number of likely N-dealkylation sites (tertiary alicyclic amines) is 1. The Morgan fingerprint density at radius 1 is 1.38 bits per heavy atom. The number of nitrogens with one attached hydrogen (secondary N) is 1. The van der Waals surface area contributed by atoms with Crippen molar-refractivity contribution in [2.24, 2.45) is 0 Å². The molecule has 1 aliphatic heterocycles. The summed E-state index contributed by atoms with van der Waals surface area (Å²) in [6.45, 7) is 5.11. The summed E-state index contributed by atoms with van der Waals surface area (Å²) < 4.78 is 0. The quantitative estimate of drug-likeness (QED) is 0.923. The van der Waals surface area contributed by atoms with E-state index in [0.717, 1.165) is 18.5 Å². The standard InChI is InChI=1S/C15H18Cl2N2O2/c1-3-4-19-8-11(7-14(19)20)18-15(21)10-5-12(16)9(2)13(17)6-10/h5-6,11H,3-4,7-8H2,1-2H3,(H,18,21)/t11-/m1/s1. The fourth-order valence-corrected chi connectivity index (χ4v) is 2.89. The molecule has 0 radical (unpaired) electrons. The van der Waals surface area contributed by atoms with Crippen LogP contribution in [0.3, 0.4) is 0 Å². The Morgan fingerprint density at radius 3 is 2.57 bits per heavy atom. The zero-order valence-corrected chi connectivity index (χ0v) is 13.6. The van der Waals surface area contributed by atoms with Crippen molar-refractivity contribution < 1.29 is 9.59 Å². The van der Waals surface area contributed by atoms with E-state index in [1.165, 1.54) is 0 Å². The van der Waals surface area contributed by atoms with E-state index < -0.39 is 0 Å². The first-order chi connectivity index (χ1) is 9.92. The zero-order chi connectivity index (χ0) is 15.6. The lowest BCUT2D eigenvalue weighted by Crippen LogP contribution is -2.37. The third-order valence-corrected chi connectivity index (χ3v) is 4.37. The minimum Gasteiger partial charge on any atom is -0.347 e. The summed E-state index contributed by atoms with van der Waals surface area (Å²) >= 11 is 12.1. The van der Waals surface area contributed by atoms with Crippen molar-refractivity contribution in [3.63, 3.8) is 0 Å². The molecule has 2 rings (SSSR count). The Balaban J connectivity index is 2.04. The molecule has 1 aromatic rings. The molecule has 1 fully saturated rings. The van der Waals surface area contributed by atoms with Gasteiger partial charge < -0.3 is 10.2 Å². The molecule has 1 saturated heterocycles. The Labute approximate surface area is 134 Å². The van der Waals surface area contributed by atoms with Crippen LogP contribution in [0, 0.1) is 6.92 Å². The number of halogens is 2. The lowest BCUT2D eigenvalue weighted by Gasteiger charge is -2.16. The van der Waals surface area contributed by atoms with Crippen molar-refractivity contribution in [1.82, 2.24) is 10.2 Å². The first kappa shape index (κ1) is 16.1. The van der Waals surface area contributed by atoms with E-state index in [2.05, 4.69) is 5.32 Å². The number of hydrogen-bond donors (Lipinski definition) is 1. The fourth-order valence-electron chi connectivity index (χ4n) is 2.40. The normalized spacial score (nSPS) is 18.2. The largest absolute Gasteiger partial charge is 0.347 e. The minimum atomic E-state index is -0.255. The summed E-state index contributed by atoms with van der Waals surface area (Å²) in [5.74, 6) is -0.169. The number of carbonyl (C=O) groups excluding carboxylic acids is 2. The third kappa shape index (κ3) is 3.69. The van der Waals surface area contributed by atoms with E-state index in [0.29, 0.717) is 28.6 Å². The second-order valence-electron chi connectivity index (χ2n) is 5.28. The van der Waals surface area contributed by atoms with Crippen molar-refractivity contribution in [1.29, 1.82) is 0 Å². The van der Waals surface area contributed by atoms with Crippen LogP contribution in [0.2, 0.25) is 10.0 Å². The summed E-state index contributed by atoms with van der Waals surface area (Å²) in [5, 5.41) is 3.79. The van der Waals surface area contributed by atoms with E-state index in [4.69, 9.17) is 23.2 Å². The molecule has 1 atom stereocenters. The Hall–Kier alpha value is -1.26. The summed E-state index contributed by atoms with van der Waals surface area (Å²) in [6, 6.07) is 3.03. The number of benzene rings is 1. The SMILES string of the molecule is CCCN1C[C@H](NC(=O)c2cc(Cl)c(C)c(Cl)c2)CC1=O. The molecule has 4 nitrogen and oxygen atoms in total. The van der Waals surface area contributed by atoms with Gasteiger partial charge in [-0.1, -0.05) is 30.1 Å². The first-order valence-corrected chi connectivity index (χ1v) is 7.72. The molecule has 1 aliphatic rings. The Bertz CT molecular complexity index is 552. The van der Waals surface area contributed by atoms with Gasteiger partial charge in [-0.05, 0) is 31.0 Å². The summed E-state index contributed by atoms with van der Waals surface area (Å²) in [4.78, 5) is 25.8. The van der Waals surface area contributed by atoms with Gasteiger partial charge in [0.25, 0.3) is 5.91 Å². The molecule has 1 N–H and O–H groups in total. The molecule has 0 aliphatic carbocycles. The van der Waals surface area contributed by atoms with Crippen LogP contribution in [0.25, 0.3) is 0 Å². The van der Waals surface area contributed by atoms with E-state index in [9.17, 15) is 9.59 Å². The predicted octanol–water partition coefficient (Wildman–Crippen LogP) is 3.04. The Kier molecular flexibility index (Phi) is 5.12. The second-order valence-corrected chi connectivity index (χ2v) is 6.09. The maximum Gasteiger partial charge on any atom is 0.251 e. The topological polar surface area (TPSA) is 49.4 Å². The maximum atomic E-state index is 12.2. The highest BCUT2D eigenvalue weighted by Crippen LogP contribution is 2.25. The van der Waals surface area contributed by atoms with Gasteiger partial charge in [0.15, 0.2) is 0 Å². The zero-order valence-electron chi connectivity index (χ0n) is 12.1. The average molecular weight is 329 g/mol. The van der Waals surface area contributed by atoms with Gasteiger partial charge in [-0.15, -0.1) is 0 Å². The van der Waals surface area contributed by atoms with E-state index in [1.807, 2.05) is 6.92 Å². The fraction of sp³-hybridized carbons (Fsp3) is 0.467. The van der Waals surface area contributed by atoms with E-state index in [-0.39, 0.29) is 17.9 Å². The van der Waals surface area contributed by atoms with Crippen LogP contribution < -0.4 is 5.32 Å². The molecule has 0 bridgehead atoms. The minimum absolute atomic E-state index is 0.0853. The van der Waals surface area contributed by atoms with Crippen LogP contribution in [0.4, 0.5) is 0 Å². The first-order valence-electron chi connectivity index (χ1n) is 6.96. The highest BCUT2D eigenvalue weighted by Gasteiger charge is 2.30. The number of hydrogen-bond acceptors (Lipinski definition) is 2. The summed E-state index contributed by atoms with van der Waals surface area (Å²) in [6.07, 6.45) is 1.26. The lowest BCUT2D eigenvalue weighted by molar-refractivity contribution is -0.127. The lowest BCUT2D eigenvalue weighted by atomic mass is 10.1. The van der Waals surface area contributed by atoms with Gasteiger partial charge >= 0.3 is 0 Å². The van der Waals surface area contributed by atoms with Crippen LogP contribution in [0.5, 0.6) is 0 Å². The Morgan fingerprint density at radius 2 is 2.00 bits per heavy atom. The smallest absolute Gasteiger partial charge is 0.251 e. The number of carbonyl (C=O) groups is 2. The van der Waals surface area contributed by atoms with Gasteiger partial charge in [0.1, 0.15) is 0 Å². The molecule has 0 unspecified atom stereocenters. The van der Waals surface area contributed by atoms with E-state index in [1.54, 1.807) is 24.0 Å². The van der Waals surface area contributed by atoms with Crippen LogP contribution in [-0.2, 0) is 4.79 Å². The third-order valence-electron chi connectivity index (χ3n) is 3.59. The second kappa shape index (κ2) is 6.67. The van der Waals surface area contributed by atoms with Crippen molar-refractivity contribution in [3.8, 4) is 0 Å². The van der Waals surface area contributed by atoms with Gasteiger partial charge in [0, 0.05) is 35.1 Å². The van der Waals surface area contributed by atoms with Crippen molar-refractivity contribution in [2.75, 3.05) is 13.1 Å². The summed E-state index contributed by atoms with van der Waals surface area (Å²) in [7, 11) is 0. The van der Waals surface area contributed by atoms with Gasteiger partial charge in [0.2, 0.25) is 5.91 Å². The molecule has 1 aromatic carbocycles. The van der Waals surface area contributed by atoms with Crippen molar-refractivity contribution in [3.05, 3.63) is 33.3 Å². The van der Waals surface area contributed by atoms with Crippen LogP contribution >= 0.6 is 23.2 Å². The maximum absolute atomic E-state index is 12.2. The molecule has 1 heterocycles. The molecule has 0 spiro atoms. The van der Waals surface area contributed by atoms with E-state index >= 15 is 0 Å². The van der Waals surface area contributed by atoms with Gasteiger partial charge in [-0.3, -0.25) is 9.59 Å². The van der Waals surface area contributed by atoms with Crippen LogP contribution in [0.15, 0.2) is 12.1 Å². The number of nitrogens with zero attached hydrogens (tertiary/aromatic N) is 1. The monoisotopic (exact) mass is 328 g/mol. The highest BCUT2D eigenvalue weighted by atomic mass is 35.5. The predicted molar refractivity (Wildman–Crippen MR) is 83.9 cm³/mol. The molecule has 6 heteroatoms. The molecule has 0 saturated carbocycles. The van der Waals surface area contributed by atoms with Crippen molar-refractivity contribution in [2.45, 2.75) is 32.7 Å². The van der Waals surface area contributed by atoms with Gasteiger partial charge in [-0.25, -0.2) is 0 Å². The number of rotatable bonds is 4. The molecule has 2 amide bonds. The van der Waals surface area contributed by atoms with Gasteiger partial charge in [-0.2, -0.15) is 0 Å². The molecular weight excluding hydrogens is 311 g/mol. The molecule has 21 heavy (non-hydrogen) atoms. The number of amides is 2. The summed E-state index contributed by atoms with van der Waals surface area (Å²) in [5.41, 5.74) is 1.16. The average Bonchev–Trinajstić information content (AvgIpc) is 2.76. The van der Waals surface area contributed by atoms with Gasteiger partial charge in [0.05, 0.1) is 6.04 Å². The molecular formula is C15H18Cl2N2O2. The molecule has 0 aromatic heterocycles. The molecule has 114 valence electrons.